The fourth-order valence-electron chi connectivity index (χ4n) is 1.34. The van der Waals surface area contributed by atoms with Crippen molar-refractivity contribution in [3.8, 4) is 11.5 Å². The second kappa shape index (κ2) is 7.25. The van der Waals surface area contributed by atoms with E-state index in [0.29, 0.717) is 11.5 Å². The van der Waals surface area contributed by atoms with Crippen LogP contribution in [0.3, 0.4) is 0 Å². The summed E-state index contributed by atoms with van der Waals surface area (Å²) < 4.78 is 14.8. The van der Waals surface area contributed by atoms with Crippen LogP contribution in [0.1, 0.15) is 6.92 Å². The van der Waals surface area contributed by atoms with Crippen LogP contribution in [0.4, 0.5) is 0 Å². The van der Waals surface area contributed by atoms with E-state index in [2.05, 4.69) is 10.1 Å². The SMILES string of the molecule is COC(=O)C(C)NC(=O)COc1ccc(OC)cc1. The van der Waals surface area contributed by atoms with E-state index in [-0.39, 0.29) is 6.61 Å². The highest BCUT2D eigenvalue weighted by molar-refractivity contribution is 5.84. The van der Waals surface area contributed by atoms with Gasteiger partial charge in [-0.25, -0.2) is 4.79 Å². The Morgan fingerprint density at radius 1 is 1.16 bits per heavy atom. The molecule has 0 heterocycles. The van der Waals surface area contributed by atoms with Gasteiger partial charge in [0.25, 0.3) is 5.91 Å². The van der Waals surface area contributed by atoms with Crippen molar-refractivity contribution >= 4 is 11.9 Å². The molecular weight excluding hydrogens is 250 g/mol. The lowest BCUT2D eigenvalue weighted by Crippen LogP contribution is -2.41. The number of amides is 1. The van der Waals surface area contributed by atoms with E-state index in [0.717, 1.165) is 0 Å². The van der Waals surface area contributed by atoms with Gasteiger partial charge in [0.1, 0.15) is 17.5 Å². The van der Waals surface area contributed by atoms with Crippen LogP contribution < -0.4 is 14.8 Å². The number of hydrogen-bond acceptors (Lipinski definition) is 5. The van der Waals surface area contributed by atoms with Crippen LogP contribution in [0.15, 0.2) is 24.3 Å². The van der Waals surface area contributed by atoms with Crippen molar-refractivity contribution < 1.29 is 23.8 Å². The van der Waals surface area contributed by atoms with Crippen molar-refractivity contribution in [3.63, 3.8) is 0 Å². The monoisotopic (exact) mass is 267 g/mol. The molecule has 0 saturated carbocycles. The molecule has 0 saturated heterocycles. The number of rotatable bonds is 6. The standard InChI is InChI=1S/C13H17NO5/c1-9(13(16)18-3)14-12(15)8-19-11-6-4-10(17-2)5-7-11/h4-7,9H,8H2,1-3H3,(H,14,15). The van der Waals surface area contributed by atoms with E-state index in [1.54, 1.807) is 31.4 Å². The number of hydrogen-bond donors (Lipinski definition) is 1. The lowest BCUT2D eigenvalue weighted by molar-refractivity contribution is -0.144. The van der Waals surface area contributed by atoms with Gasteiger partial charge < -0.3 is 19.5 Å². The quantitative estimate of drug-likeness (QED) is 0.770. The number of carbonyl (C=O) groups is 2. The lowest BCUT2D eigenvalue weighted by Gasteiger charge is -2.12. The molecule has 0 bridgehead atoms. The molecule has 1 rings (SSSR count). The molecule has 6 nitrogen and oxygen atoms in total. The van der Waals surface area contributed by atoms with E-state index in [1.807, 2.05) is 0 Å². The smallest absolute Gasteiger partial charge is 0.328 e. The van der Waals surface area contributed by atoms with Crippen molar-refractivity contribution in [2.24, 2.45) is 0 Å². The summed E-state index contributed by atoms with van der Waals surface area (Å²) in [4.78, 5) is 22.6. The van der Waals surface area contributed by atoms with Crippen molar-refractivity contribution in [2.75, 3.05) is 20.8 Å². The molecule has 1 N–H and O–H groups in total. The molecule has 0 fully saturated rings. The summed E-state index contributed by atoms with van der Waals surface area (Å²) in [6.07, 6.45) is 0. The maximum absolute atomic E-state index is 11.5. The predicted molar refractivity (Wildman–Crippen MR) is 68.1 cm³/mol. The third kappa shape index (κ3) is 4.87. The zero-order valence-electron chi connectivity index (χ0n) is 11.1. The molecule has 0 aliphatic rings. The summed E-state index contributed by atoms with van der Waals surface area (Å²) in [6, 6.07) is 6.14. The second-order valence-electron chi connectivity index (χ2n) is 3.78. The Morgan fingerprint density at radius 2 is 1.74 bits per heavy atom. The van der Waals surface area contributed by atoms with Crippen molar-refractivity contribution in [1.29, 1.82) is 0 Å². The molecule has 1 unspecified atom stereocenters. The Hall–Kier alpha value is -2.24. The zero-order valence-corrected chi connectivity index (χ0v) is 11.1. The average molecular weight is 267 g/mol. The summed E-state index contributed by atoms with van der Waals surface area (Å²) in [7, 11) is 2.83. The number of methoxy groups -OCH3 is 2. The van der Waals surface area contributed by atoms with Crippen LogP contribution >= 0.6 is 0 Å². The zero-order chi connectivity index (χ0) is 14.3. The van der Waals surface area contributed by atoms with Gasteiger partial charge in [-0.3, -0.25) is 4.79 Å². The third-order valence-corrected chi connectivity index (χ3v) is 2.36. The molecule has 0 aromatic heterocycles. The van der Waals surface area contributed by atoms with E-state index >= 15 is 0 Å². The van der Waals surface area contributed by atoms with Crippen LogP contribution in [0, 0.1) is 0 Å². The maximum Gasteiger partial charge on any atom is 0.328 e. The highest BCUT2D eigenvalue weighted by Crippen LogP contribution is 2.16. The van der Waals surface area contributed by atoms with E-state index in [9.17, 15) is 9.59 Å². The molecule has 0 aliphatic heterocycles. The van der Waals surface area contributed by atoms with Crippen LogP contribution in [0.2, 0.25) is 0 Å². The highest BCUT2D eigenvalue weighted by atomic mass is 16.5. The number of ether oxygens (including phenoxy) is 3. The average Bonchev–Trinajstić information content (AvgIpc) is 2.44. The summed E-state index contributed by atoms with van der Waals surface area (Å²) >= 11 is 0. The minimum absolute atomic E-state index is 0.173. The summed E-state index contributed by atoms with van der Waals surface area (Å²) in [5.41, 5.74) is 0. The number of nitrogens with one attached hydrogen (secondary N) is 1. The molecule has 0 aliphatic carbocycles. The Balaban J connectivity index is 2.39. The number of esters is 1. The fourth-order valence-corrected chi connectivity index (χ4v) is 1.34. The second-order valence-corrected chi connectivity index (χ2v) is 3.78. The normalized spacial score (nSPS) is 11.3. The first-order valence-electron chi connectivity index (χ1n) is 5.71. The van der Waals surface area contributed by atoms with E-state index < -0.39 is 17.9 Å². The summed E-state index contributed by atoms with van der Waals surface area (Å²) in [6.45, 7) is 1.37. The molecule has 1 amide bonds. The van der Waals surface area contributed by atoms with Crippen molar-refractivity contribution in [3.05, 3.63) is 24.3 Å². The Bertz CT molecular complexity index is 429. The van der Waals surface area contributed by atoms with Crippen LogP contribution in [0.25, 0.3) is 0 Å². The maximum atomic E-state index is 11.5. The Kier molecular flexibility index (Phi) is 5.66. The summed E-state index contributed by atoms with van der Waals surface area (Å²) in [5, 5.41) is 2.46. The first kappa shape index (κ1) is 14.8. The Morgan fingerprint density at radius 3 is 2.26 bits per heavy atom. The molecule has 6 heteroatoms. The van der Waals surface area contributed by atoms with Crippen molar-refractivity contribution in [1.82, 2.24) is 5.32 Å². The minimum atomic E-state index is -0.697. The first-order valence-corrected chi connectivity index (χ1v) is 5.71. The van der Waals surface area contributed by atoms with Crippen LogP contribution in [-0.2, 0) is 14.3 Å². The number of benzene rings is 1. The lowest BCUT2D eigenvalue weighted by atomic mass is 10.3. The van der Waals surface area contributed by atoms with E-state index in [1.165, 1.54) is 14.0 Å². The van der Waals surface area contributed by atoms with Crippen molar-refractivity contribution in [2.45, 2.75) is 13.0 Å². The number of carbonyl (C=O) groups excluding carboxylic acids is 2. The van der Waals surface area contributed by atoms with Gasteiger partial charge in [-0.05, 0) is 31.2 Å². The Labute approximate surface area is 111 Å². The molecule has 1 atom stereocenters. The van der Waals surface area contributed by atoms with Gasteiger partial charge in [-0.2, -0.15) is 0 Å². The molecule has 1 aromatic rings. The van der Waals surface area contributed by atoms with Crippen LogP contribution in [0.5, 0.6) is 11.5 Å². The fraction of sp³-hybridized carbons (Fsp3) is 0.385. The molecule has 0 spiro atoms. The van der Waals surface area contributed by atoms with Gasteiger partial charge in [0, 0.05) is 0 Å². The van der Waals surface area contributed by atoms with Gasteiger partial charge in [0.15, 0.2) is 6.61 Å². The molecule has 0 radical (unpaired) electrons. The predicted octanol–water partition coefficient (Wildman–Crippen LogP) is 0.752. The largest absolute Gasteiger partial charge is 0.497 e. The van der Waals surface area contributed by atoms with Gasteiger partial charge in [0.2, 0.25) is 0 Å². The first-order chi connectivity index (χ1) is 9.06. The van der Waals surface area contributed by atoms with Gasteiger partial charge >= 0.3 is 5.97 Å². The highest BCUT2D eigenvalue weighted by Gasteiger charge is 2.15. The topological polar surface area (TPSA) is 73.9 Å². The minimum Gasteiger partial charge on any atom is -0.497 e. The van der Waals surface area contributed by atoms with Gasteiger partial charge in [-0.1, -0.05) is 0 Å². The third-order valence-electron chi connectivity index (χ3n) is 2.36. The molecule has 19 heavy (non-hydrogen) atoms. The molecule has 1 aromatic carbocycles. The van der Waals surface area contributed by atoms with E-state index in [4.69, 9.17) is 9.47 Å². The summed E-state index contributed by atoms with van der Waals surface area (Å²) in [5.74, 6) is 0.351. The van der Waals surface area contributed by atoms with Gasteiger partial charge in [-0.15, -0.1) is 0 Å². The molecular formula is C13H17NO5. The van der Waals surface area contributed by atoms with Gasteiger partial charge in [0.05, 0.1) is 14.2 Å². The van der Waals surface area contributed by atoms with Crippen LogP contribution in [-0.4, -0.2) is 38.7 Å². The molecule has 104 valence electrons.